The van der Waals surface area contributed by atoms with Gasteiger partial charge in [-0.2, -0.15) is 0 Å². The number of nitrogens with zero attached hydrogens (tertiary/aromatic N) is 3. The highest BCUT2D eigenvalue weighted by Gasteiger charge is 2.16. The summed E-state index contributed by atoms with van der Waals surface area (Å²) in [5.41, 5.74) is 11.8. The number of aromatic nitrogens is 3. The van der Waals surface area contributed by atoms with Crippen LogP contribution in [0.3, 0.4) is 0 Å². The molecule has 0 spiro atoms. The molecule has 6 aromatic carbocycles. The van der Waals surface area contributed by atoms with Gasteiger partial charge in [-0.05, 0) is 48.0 Å². The summed E-state index contributed by atoms with van der Waals surface area (Å²) in [5, 5.41) is 2.24. The van der Waals surface area contributed by atoms with Crippen LogP contribution in [0, 0.1) is 0 Å². The van der Waals surface area contributed by atoms with Crippen molar-refractivity contribution >= 4 is 44.1 Å². The Labute approximate surface area is 252 Å². The van der Waals surface area contributed by atoms with E-state index in [1.807, 2.05) is 78.9 Å². The van der Waals surface area contributed by atoms with Crippen LogP contribution in [0.4, 0.5) is 0 Å². The lowest BCUT2D eigenvalue weighted by molar-refractivity contribution is 0.620. The number of para-hydroxylation sites is 6. The van der Waals surface area contributed by atoms with Gasteiger partial charge in [-0.1, -0.05) is 97.1 Å². The van der Waals surface area contributed by atoms with Gasteiger partial charge in [0.2, 0.25) is 5.89 Å². The fraction of sp³-hybridized carbons (Fsp3) is 0. The summed E-state index contributed by atoms with van der Waals surface area (Å²) in [7, 11) is 0. The van der Waals surface area contributed by atoms with Crippen molar-refractivity contribution in [3.05, 3.63) is 140 Å². The number of oxazole rings is 1. The van der Waals surface area contributed by atoms with Crippen LogP contribution < -0.4 is 0 Å². The molecule has 0 aliphatic heterocycles. The highest BCUT2D eigenvalue weighted by atomic mass is 16.3. The third-order valence-electron chi connectivity index (χ3n) is 8.14. The first-order valence-electron chi connectivity index (χ1n) is 14.5. The summed E-state index contributed by atoms with van der Waals surface area (Å²) >= 11 is 0. The molecule has 9 rings (SSSR count). The fourth-order valence-corrected chi connectivity index (χ4v) is 5.95. The summed E-state index contributed by atoms with van der Waals surface area (Å²) in [6, 6.07) is 46.9. The van der Waals surface area contributed by atoms with Gasteiger partial charge in [0.05, 0.1) is 22.4 Å². The molecule has 3 aromatic heterocycles. The Kier molecular flexibility index (Phi) is 5.43. The van der Waals surface area contributed by atoms with E-state index >= 15 is 0 Å². The molecule has 0 saturated carbocycles. The van der Waals surface area contributed by atoms with Gasteiger partial charge in [-0.15, -0.1) is 0 Å². The van der Waals surface area contributed by atoms with E-state index < -0.39 is 0 Å². The highest BCUT2D eigenvalue weighted by molar-refractivity contribution is 6.09. The molecule has 0 atom stereocenters. The lowest BCUT2D eigenvalue weighted by Gasteiger charge is -2.12. The van der Waals surface area contributed by atoms with Crippen molar-refractivity contribution in [2.45, 2.75) is 0 Å². The molecule has 0 unspecified atom stereocenters. The predicted octanol–water partition coefficient (Wildman–Crippen LogP) is 10.3. The average Bonchev–Trinajstić information content (AvgIpc) is 3.70. The molecule has 0 aliphatic rings. The predicted molar refractivity (Wildman–Crippen MR) is 176 cm³/mol. The van der Waals surface area contributed by atoms with Gasteiger partial charge in [0.15, 0.2) is 5.58 Å². The largest absolute Gasteiger partial charge is 0.455 e. The Morgan fingerprint density at radius 1 is 0.364 bits per heavy atom. The lowest BCUT2D eigenvalue weighted by atomic mass is 9.98. The first-order valence-corrected chi connectivity index (χ1v) is 14.5. The van der Waals surface area contributed by atoms with E-state index in [0.29, 0.717) is 5.89 Å². The van der Waals surface area contributed by atoms with Gasteiger partial charge in [-0.3, -0.25) is 0 Å². The minimum Gasteiger partial charge on any atom is -0.455 e. The van der Waals surface area contributed by atoms with Crippen LogP contribution in [0.5, 0.6) is 0 Å². The number of hydrogen-bond donors (Lipinski definition) is 0. The summed E-state index contributed by atoms with van der Waals surface area (Å²) in [6.07, 6.45) is 0. The molecule has 5 nitrogen and oxygen atoms in total. The Morgan fingerprint density at radius 3 is 1.59 bits per heavy atom. The van der Waals surface area contributed by atoms with Crippen molar-refractivity contribution in [2.75, 3.05) is 0 Å². The summed E-state index contributed by atoms with van der Waals surface area (Å²) in [5.74, 6) is 0.595. The summed E-state index contributed by atoms with van der Waals surface area (Å²) < 4.78 is 12.3. The van der Waals surface area contributed by atoms with Gasteiger partial charge in [0.25, 0.3) is 0 Å². The Morgan fingerprint density at radius 2 is 0.909 bits per heavy atom. The van der Waals surface area contributed by atoms with Crippen molar-refractivity contribution in [2.24, 2.45) is 0 Å². The molecule has 5 heteroatoms. The van der Waals surface area contributed by atoms with Crippen LogP contribution >= 0.6 is 0 Å². The zero-order valence-electron chi connectivity index (χ0n) is 23.4. The van der Waals surface area contributed by atoms with Crippen LogP contribution in [0.1, 0.15) is 0 Å². The van der Waals surface area contributed by atoms with E-state index in [4.69, 9.17) is 18.8 Å². The van der Waals surface area contributed by atoms with Crippen molar-refractivity contribution in [3.8, 4) is 45.1 Å². The molecule has 0 N–H and O–H groups in total. The van der Waals surface area contributed by atoms with Crippen LogP contribution in [0.2, 0.25) is 0 Å². The van der Waals surface area contributed by atoms with Crippen molar-refractivity contribution in [1.82, 2.24) is 15.0 Å². The summed E-state index contributed by atoms with van der Waals surface area (Å²) in [6.45, 7) is 0. The van der Waals surface area contributed by atoms with Crippen LogP contribution in [0.15, 0.2) is 148 Å². The van der Waals surface area contributed by atoms with E-state index in [0.717, 1.165) is 83.3 Å². The second-order valence-electron chi connectivity index (χ2n) is 10.8. The van der Waals surface area contributed by atoms with Crippen LogP contribution in [0.25, 0.3) is 89.2 Å². The SMILES string of the molecule is c1ccc2nc(-c3ccc(-c4cccc5c4oc4ccccc45)cc3)c(-c3ccc(-c4nc5ccccc5o4)cc3)nc2c1. The van der Waals surface area contributed by atoms with E-state index in [1.165, 1.54) is 0 Å². The lowest BCUT2D eigenvalue weighted by Crippen LogP contribution is -1.95. The molecule has 44 heavy (non-hydrogen) atoms. The second-order valence-corrected chi connectivity index (χ2v) is 10.8. The molecule has 0 amide bonds. The third-order valence-corrected chi connectivity index (χ3v) is 8.14. The number of hydrogen-bond acceptors (Lipinski definition) is 5. The molecule has 9 aromatic rings. The molecular weight excluding hydrogens is 542 g/mol. The maximum absolute atomic E-state index is 6.30. The van der Waals surface area contributed by atoms with Gasteiger partial charge in [0, 0.05) is 33.0 Å². The average molecular weight is 566 g/mol. The van der Waals surface area contributed by atoms with Crippen molar-refractivity contribution in [1.29, 1.82) is 0 Å². The second kappa shape index (κ2) is 9.75. The Balaban J connectivity index is 1.13. The van der Waals surface area contributed by atoms with Gasteiger partial charge in [0.1, 0.15) is 16.7 Å². The quantitative estimate of drug-likeness (QED) is 0.212. The Bertz CT molecular complexity index is 2460. The number of benzene rings is 6. The van der Waals surface area contributed by atoms with Crippen LogP contribution in [-0.2, 0) is 0 Å². The number of fused-ring (bicyclic) bond motifs is 5. The standard InChI is InChI=1S/C39H23N3O2/c1-5-14-34-29(8-1)30-10-7-9-28(38(30)43-34)24-16-18-25(19-17-24)36-37(41-32-12-3-2-11-31(32)40-36)26-20-22-27(23-21-26)39-42-33-13-4-6-15-35(33)44-39/h1-23H. The van der Waals surface area contributed by atoms with Gasteiger partial charge < -0.3 is 8.83 Å². The van der Waals surface area contributed by atoms with Crippen molar-refractivity contribution in [3.63, 3.8) is 0 Å². The third kappa shape index (κ3) is 3.98. The van der Waals surface area contributed by atoms with Crippen LogP contribution in [-0.4, -0.2) is 15.0 Å². The van der Waals surface area contributed by atoms with Gasteiger partial charge >= 0.3 is 0 Å². The topological polar surface area (TPSA) is 65.0 Å². The number of furan rings is 1. The molecule has 206 valence electrons. The van der Waals surface area contributed by atoms with Gasteiger partial charge in [-0.25, -0.2) is 15.0 Å². The zero-order valence-corrected chi connectivity index (χ0v) is 23.4. The first-order chi connectivity index (χ1) is 21.8. The smallest absolute Gasteiger partial charge is 0.227 e. The zero-order chi connectivity index (χ0) is 29.0. The van der Waals surface area contributed by atoms with E-state index in [-0.39, 0.29) is 0 Å². The minimum atomic E-state index is 0.595. The maximum atomic E-state index is 6.30. The van der Waals surface area contributed by atoms with E-state index in [9.17, 15) is 0 Å². The molecule has 0 radical (unpaired) electrons. The van der Waals surface area contributed by atoms with Crippen molar-refractivity contribution < 1.29 is 8.83 Å². The molecular formula is C39H23N3O2. The number of rotatable bonds is 4. The normalized spacial score (nSPS) is 11.6. The molecule has 3 heterocycles. The molecule has 0 aliphatic carbocycles. The Hall–Kier alpha value is -6.07. The van der Waals surface area contributed by atoms with E-state index in [2.05, 4.69) is 65.6 Å². The maximum Gasteiger partial charge on any atom is 0.227 e. The first kappa shape index (κ1) is 24.5. The fourth-order valence-electron chi connectivity index (χ4n) is 5.95. The molecule has 0 bridgehead atoms. The molecule has 0 saturated heterocycles. The minimum absolute atomic E-state index is 0.595. The molecule has 0 fully saturated rings. The summed E-state index contributed by atoms with van der Waals surface area (Å²) in [4.78, 5) is 14.8. The van der Waals surface area contributed by atoms with E-state index in [1.54, 1.807) is 0 Å². The monoisotopic (exact) mass is 565 g/mol. The highest BCUT2D eigenvalue weighted by Crippen LogP contribution is 2.38.